The second kappa shape index (κ2) is 8.06. The fourth-order valence-corrected chi connectivity index (χ4v) is 3.11. The molecule has 24 heavy (non-hydrogen) atoms. The molecule has 126 valence electrons. The predicted octanol–water partition coefficient (Wildman–Crippen LogP) is 3.89. The molecule has 1 atom stereocenters. The number of hydrogen-bond donors (Lipinski definition) is 0. The highest BCUT2D eigenvalue weighted by atomic mass is 19.1. The van der Waals surface area contributed by atoms with E-state index in [4.69, 9.17) is 4.74 Å². The molecule has 0 saturated carbocycles. The molecule has 0 radical (unpaired) electrons. The van der Waals surface area contributed by atoms with Crippen molar-refractivity contribution in [1.82, 2.24) is 4.90 Å². The molecule has 0 N–H and O–H groups in total. The summed E-state index contributed by atoms with van der Waals surface area (Å²) in [6.07, 6.45) is 1.97. The number of carbonyl (C=O) groups is 1. The van der Waals surface area contributed by atoms with E-state index in [0.717, 1.165) is 18.4 Å². The molecule has 4 heteroatoms. The monoisotopic (exact) mass is 327 g/mol. The molecule has 1 saturated heterocycles. The van der Waals surface area contributed by atoms with Crippen LogP contribution in [0.5, 0.6) is 0 Å². The molecule has 3 nitrogen and oxygen atoms in total. The highest BCUT2D eigenvalue weighted by molar-refractivity contribution is 5.94. The molecular formula is C20H22FNO2. The van der Waals surface area contributed by atoms with Gasteiger partial charge in [-0.15, -0.1) is 0 Å². The van der Waals surface area contributed by atoms with Crippen LogP contribution in [-0.4, -0.2) is 30.5 Å². The van der Waals surface area contributed by atoms with Gasteiger partial charge in [-0.1, -0.05) is 42.5 Å². The van der Waals surface area contributed by atoms with Gasteiger partial charge in [-0.3, -0.25) is 4.79 Å². The second-order valence-corrected chi connectivity index (χ2v) is 6.24. The summed E-state index contributed by atoms with van der Waals surface area (Å²) in [5.74, 6) is -0.371. The Morgan fingerprint density at radius 3 is 2.67 bits per heavy atom. The van der Waals surface area contributed by atoms with Gasteiger partial charge in [0.05, 0.1) is 18.8 Å². The number of benzene rings is 2. The zero-order valence-corrected chi connectivity index (χ0v) is 13.7. The predicted molar refractivity (Wildman–Crippen MR) is 91.1 cm³/mol. The summed E-state index contributed by atoms with van der Waals surface area (Å²) in [5, 5.41) is 0. The van der Waals surface area contributed by atoms with Crippen LogP contribution in [0.25, 0.3) is 0 Å². The lowest BCUT2D eigenvalue weighted by molar-refractivity contribution is 0.0423. The normalized spacial score (nSPS) is 17.7. The third kappa shape index (κ3) is 4.20. The summed E-state index contributed by atoms with van der Waals surface area (Å²) >= 11 is 0. The Morgan fingerprint density at radius 2 is 1.88 bits per heavy atom. The molecule has 2 aromatic carbocycles. The minimum Gasteiger partial charge on any atom is -0.376 e. The number of halogens is 1. The third-order valence-electron chi connectivity index (χ3n) is 4.38. The van der Waals surface area contributed by atoms with Gasteiger partial charge in [0.15, 0.2) is 0 Å². The minimum atomic E-state index is -0.454. The SMILES string of the molecule is O=C(c1ccccc1F)N1CCCC(COCc2ccccc2)C1. The Bertz CT molecular complexity index is 674. The summed E-state index contributed by atoms with van der Waals surface area (Å²) in [6, 6.07) is 16.2. The quantitative estimate of drug-likeness (QED) is 0.834. The molecule has 0 aliphatic carbocycles. The van der Waals surface area contributed by atoms with E-state index in [0.29, 0.717) is 32.2 Å². The van der Waals surface area contributed by atoms with Gasteiger partial charge < -0.3 is 9.64 Å². The maximum atomic E-state index is 13.8. The van der Waals surface area contributed by atoms with Crippen molar-refractivity contribution in [2.75, 3.05) is 19.7 Å². The molecule has 3 rings (SSSR count). The van der Waals surface area contributed by atoms with Gasteiger partial charge in [-0.2, -0.15) is 0 Å². The number of hydrogen-bond acceptors (Lipinski definition) is 2. The lowest BCUT2D eigenvalue weighted by Crippen LogP contribution is -2.41. The Morgan fingerprint density at radius 1 is 1.12 bits per heavy atom. The Kier molecular flexibility index (Phi) is 5.59. The van der Waals surface area contributed by atoms with Crippen molar-refractivity contribution in [2.45, 2.75) is 19.4 Å². The lowest BCUT2D eigenvalue weighted by atomic mass is 9.98. The van der Waals surface area contributed by atoms with Crippen LogP contribution in [0.1, 0.15) is 28.8 Å². The van der Waals surface area contributed by atoms with E-state index >= 15 is 0 Å². The first kappa shape index (κ1) is 16.7. The van der Waals surface area contributed by atoms with E-state index in [1.807, 2.05) is 30.3 Å². The van der Waals surface area contributed by atoms with Gasteiger partial charge in [-0.25, -0.2) is 4.39 Å². The van der Waals surface area contributed by atoms with Crippen LogP contribution in [0, 0.1) is 11.7 Å². The molecule has 1 heterocycles. The molecular weight excluding hydrogens is 305 g/mol. The summed E-state index contributed by atoms with van der Waals surface area (Å²) in [5.41, 5.74) is 1.30. The third-order valence-corrected chi connectivity index (χ3v) is 4.38. The summed E-state index contributed by atoms with van der Waals surface area (Å²) in [4.78, 5) is 14.3. The number of ether oxygens (including phenoxy) is 1. The highest BCUT2D eigenvalue weighted by Gasteiger charge is 2.26. The van der Waals surface area contributed by atoms with E-state index in [1.54, 1.807) is 23.1 Å². The summed E-state index contributed by atoms with van der Waals surface area (Å²) in [7, 11) is 0. The number of amides is 1. The molecule has 1 unspecified atom stereocenters. The molecule has 1 amide bonds. The molecule has 0 bridgehead atoms. The van der Waals surface area contributed by atoms with Crippen LogP contribution >= 0.6 is 0 Å². The van der Waals surface area contributed by atoms with Crippen molar-refractivity contribution in [1.29, 1.82) is 0 Å². The highest BCUT2D eigenvalue weighted by Crippen LogP contribution is 2.20. The van der Waals surface area contributed by atoms with Crippen LogP contribution < -0.4 is 0 Å². The van der Waals surface area contributed by atoms with Gasteiger partial charge in [0.25, 0.3) is 5.91 Å². The fourth-order valence-electron chi connectivity index (χ4n) is 3.11. The fraction of sp³-hybridized carbons (Fsp3) is 0.350. The Balaban J connectivity index is 1.53. The van der Waals surface area contributed by atoms with Crippen LogP contribution in [0.4, 0.5) is 4.39 Å². The number of nitrogens with zero attached hydrogens (tertiary/aromatic N) is 1. The van der Waals surface area contributed by atoms with Crippen molar-refractivity contribution in [2.24, 2.45) is 5.92 Å². The average molecular weight is 327 g/mol. The Hall–Kier alpha value is -2.20. The maximum absolute atomic E-state index is 13.8. The molecule has 1 aliphatic heterocycles. The molecule has 0 aromatic heterocycles. The summed E-state index contributed by atoms with van der Waals surface area (Å²) in [6.45, 7) is 2.51. The van der Waals surface area contributed by atoms with Crippen molar-refractivity contribution in [3.05, 3.63) is 71.5 Å². The van der Waals surface area contributed by atoms with Gasteiger partial charge in [0.1, 0.15) is 5.82 Å². The van der Waals surface area contributed by atoms with E-state index in [9.17, 15) is 9.18 Å². The van der Waals surface area contributed by atoms with Gasteiger partial charge in [-0.05, 0) is 36.5 Å². The van der Waals surface area contributed by atoms with E-state index in [-0.39, 0.29) is 11.5 Å². The Labute approximate surface area is 142 Å². The van der Waals surface area contributed by atoms with Crippen molar-refractivity contribution >= 4 is 5.91 Å². The first-order valence-electron chi connectivity index (χ1n) is 8.39. The van der Waals surface area contributed by atoms with Crippen LogP contribution in [0.2, 0.25) is 0 Å². The van der Waals surface area contributed by atoms with Gasteiger partial charge >= 0.3 is 0 Å². The zero-order chi connectivity index (χ0) is 16.8. The average Bonchev–Trinajstić information content (AvgIpc) is 2.63. The van der Waals surface area contributed by atoms with Crippen LogP contribution in [0.3, 0.4) is 0 Å². The lowest BCUT2D eigenvalue weighted by Gasteiger charge is -2.32. The second-order valence-electron chi connectivity index (χ2n) is 6.24. The van der Waals surface area contributed by atoms with Gasteiger partial charge in [0.2, 0.25) is 0 Å². The van der Waals surface area contributed by atoms with E-state index in [1.165, 1.54) is 6.07 Å². The van der Waals surface area contributed by atoms with E-state index < -0.39 is 5.82 Å². The number of carbonyl (C=O) groups excluding carboxylic acids is 1. The van der Waals surface area contributed by atoms with Crippen molar-refractivity contribution in [3.8, 4) is 0 Å². The smallest absolute Gasteiger partial charge is 0.256 e. The minimum absolute atomic E-state index is 0.156. The molecule has 2 aromatic rings. The maximum Gasteiger partial charge on any atom is 0.256 e. The first-order valence-corrected chi connectivity index (χ1v) is 8.39. The summed E-state index contributed by atoms with van der Waals surface area (Å²) < 4.78 is 19.6. The number of piperidine rings is 1. The van der Waals surface area contributed by atoms with Crippen molar-refractivity contribution < 1.29 is 13.9 Å². The van der Waals surface area contributed by atoms with Gasteiger partial charge in [0, 0.05) is 13.1 Å². The largest absolute Gasteiger partial charge is 0.376 e. The van der Waals surface area contributed by atoms with Crippen LogP contribution in [0.15, 0.2) is 54.6 Å². The molecule has 1 aliphatic rings. The topological polar surface area (TPSA) is 29.5 Å². The first-order chi connectivity index (χ1) is 11.7. The van der Waals surface area contributed by atoms with Crippen LogP contribution in [-0.2, 0) is 11.3 Å². The number of rotatable bonds is 5. The number of likely N-dealkylation sites (tertiary alicyclic amines) is 1. The molecule has 0 spiro atoms. The zero-order valence-electron chi connectivity index (χ0n) is 13.7. The van der Waals surface area contributed by atoms with Crippen molar-refractivity contribution in [3.63, 3.8) is 0 Å². The molecule has 1 fully saturated rings. The van der Waals surface area contributed by atoms with E-state index in [2.05, 4.69) is 0 Å². The standard InChI is InChI=1S/C20H22FNO2/c21-19-11-5-4-10-18(19)20(23)22-12-6-9-17(13-22)15-24-14-16-7-2-1-3-8-16/h1-5,7-8,10-11,17H,6,9,12-15H2.